The Balaban J connectivity index is 1.73. The smallest absolute Gasteiger partial charge is 0.275 e. The summed E-state index contributed by atoms with van der Waals surface area (Å²) in [7, 11) is 1.83. The van der Waals surface area contributed by atoms with Gasteiger partial charge in [0.1, 0.15) is 11.5 Å². The zero-order valence-corrected chi connectivity index (χ0v) is 14.2. The molecule has 0 unspecified atom stereocenters. The Labute approximate surface area is 141 Å². The molecule has 7 nitrogen and oxygen atoms in total. The van der Waals surface area contributed by atoms with E-state index in [0.717, 1.165) is 37.3 Å². The van der Waals surface area contributed by atoms with Gasteiger partial charge in [0.15, 0.2) is 0 Å². The van der Waals surface area contributed by atoms with Crippen LogP contribution >= 0.6 is 0 Å². The fraction of sp³-hybridized carbons (Fsp3) is 0.471. The number of ether oxygens (including phenoxy) is 1. The summed E-state index contributed by atoms with van der Waals surface area (Å²) in [5.74, 6) is 0.457. The minimum Gasteiger partial charge on any atom is -0.378 e. The van der Waals surface area contributed by atoms with Crippen molar-refractivity contribution in [3.8, 4) is 0 Å². The highest BCUT2D eigenvalue weighted by atomic mass is 16.5. The van der Waals surface area contributed by atoms with Crippen LogP contribution < -0.4 is 10.2 Å². The van der Waals surface area contributed by atoms with Gasteiger partial charge in [-0.25, -0.2) is 0 Å². The second-order valence-corrected chi connectivity index (χ2v) is 5.85. The van der Waals surface area contributed by atoms with Gasteiger partial charge in [-0.3, -0.25) is 14.5 Å². The van der Waals surface area contributed by atoms with Gasteiger partial charge in [-0.15, -0.1) is 0 Å². The van der Waals surface area contributed by atoms with Gasteiger partial charge < -0.3 is 15.0 Å². The molecule has 7 heteroatoms. The molecule has 0 atom stereocenters. The Morgan fingerprint density at radius 3 is 2.88 bits per heavy atom. The number of amides is 1. The van der Waals surface area contributed by atoms with Gasteiger partial charge in [0.05, 0.1) is 18.9 Å². The standard InChI is InChI=1S/C17H23N5O2/c1-3-4-13-11-16(21(2)20-13)19-17(23)15-12-14(5-6-18-15)22-7-9-24-10-8-22/h5-6,11-12H,3-4,7-10H2,1-2H3,(H,19,23). The van der Waals surface area contributed by atoms with E-state index in [1.807, 2.05) is 25.2 Å². The molecule has 0 spiro atoms. The van der Waals surface area contributed by atoms with Crippen LogP contribution in [0.2, 0.25) is 0 Å². The van der Waals surface area contributed by atoms with Crippen molar-refractivity contribution in [1.29, 1.82) is 0 Å². The molecule has 1 N–H and O–H groups in total. The molecule has 3 heterocycles. The van der Waals surface area contributed by atoms with E-state index in [9.17, 15) is 4.79 Å². The number of carbonyl (C=O) groups excluding carboxylic acids is 1. The van der Waals surface area contributed by atoms with Crippen molar-refractivity contribution in [2.75, 3.05) is 36.5 Å². The number of anilines is 2. The number of aryl methyl sites for hydroxylation is 2. The summed E-state index contributed by atoms with van der Waals surface area (Å²) < 4.78 is 7.06. The third kappa shape index (κ3) is 3.73. The Hall–Kier alpha value is -2.41. The van der Waals surface area contributed by atoms with Crippen LogP contribution in [0, 0.1) is 0 Å². The molecule has 24 heavy (non-hydrogen) atoms. The van der Waals surface area contributed by atoms with Gasteiger partial charge in [-0.2, -0.15) is 5.10 Å². The van der Waals surface area contributed by atoms with E-state index < -0.39 is 0 Å². The lowest BCUT2D eigenvalue weighted by Crippen LogP contribution is -2.36. The molecule has 1 amide bonds. The van der Waals surface area contributed by atoms with Gasteiger partial charge in [0, 0.05) is 38.1 Å². The zero-order chi connectivity index (χ0) is 16.9. The van der Waals surface area contributed by atoms with Crippen LogP contribution in [0.25, 0.3) is 0 Å². The predicted molar refractivity (Wildman–Crippen MR) is 92.4 cm³/mol. The first-order valence-electron chi connectivity index (χ1n) is 8.30. The molecule has 0 aromatic carbocycles. The third-order valence-corrected chi connectivity index (χ3v) is 4.03. The Morgan fingerprint density at radius 1 is 1.33 bits per heavy atom. The van der Waals surface area contributed by atoms with E-state index in [0.29, 0.717) is 24.7 Å². The van der Waals surface area contributed by atoms with Crippen molar-refractivity contribution >= 4 is 17.4 Å². The number of aromatic nitrogens is 3. The maximum Gasteiger partial charge on any atom is 0.275 e. The van der Waals surface area contributed by atoms with Crippen LogP contribution in [0.3, 0.4) is 0 Å². The monoisotopic (exact) mass is 329 g/mol. The van der Waals surface area contributed by atoms with Crippen molar-refractivity contribution < 1.29 is 9.53 Å². The second-order valence-electron chi connectivity index (χ2n) is 5.85. The summed E-state index contributed by atoms with van der Waals surface area (Å²) in [4.78, 5) is 18.9. The van der Waals surface area contributed by atoms with Crippen molar-refractivity contribution in [3.05, 3.63) is 35.8 Å². The first-order valence-corrected chi connectivity index (χ1v) is 8.30. The molecule has 2 aromatic rings. The molecule has 128 valence electrons. The van der Waals surface area contributed by atoms with Crippen LogP contribution in [-0.2, 0) is 18.2 Å². The van der Waals surface area contributed by atoms with Crippen LogP contribution in [-0.4, -0.2) is 47.0 Å². The average Bonchev–Trinajstić information content (AvgIpc) is 2.95. The number of nitrogens with zero attached hydrogens (tertiary/aromatic N) is 4. The van der Waals surface area contributed by atoms with E-state index in [1.165, 1.54) is 0 Å². The molecular weight excluding hydrogens is 306 g/mol. The number of rotatable bonds is 5. The Morgan fingerprint density at radius 2 is 2.12 bits per heavy atom. The largest absolute Gasteiger partial charge is 0.378 e. The highest BCUT2D eigenvalue weighted by Gasteiger charge is 2.15. The quantitative estimate of drug-likeness (QED) is 0.906. The second kappa shape index (κ2) is 7.44. The van der Waals surface area contributed by atoms with Gasteiger partial charge in [0.25, 0.3) is 5.91 Å². The number of nitrogens with one attached hydrogen (secondary N) is 1. The molecular formula is C17H23N5O2. The Bertz CT molecular complexity index is 707. The number of hydrogen-bond donors (Lipinski definition) is 1. The number of pyridine rings is 1. The molecule has 1 fully saturated rings. The minimum atomic E-state index is -0.226. The van der Waals surface area contributed by atoms with Crippen molar-refractivity contribution in [2.45, 2.75) is 19.8 Å². The summed E-state index contributed by atoms with van der Waals surface area (Å²) in [5.41, 5.74) is 2.37. The lowest BCUT2D eigenvalue weighted by molar-refractivity contribution is 0.102. The number of carbonyl (C=O) groups is 1. The summed E-state index contributed by atoms with van der Waals surface area (Å²) in [6.45, 7) is 5.17. The predicted octanol–water partition coefficient (Wildman–Crippen LogP) is 1.86. The first-order chi connectivity index (χ1) is 11.7. The van der Waals surface area contributed by atoms with Crippen LogP contribution in [0.4, 0.5) is 11.5 Å². The van der Waals surface area contributed by atoms with Gasteiger partial charge in [-0.05, 0) is 18.6 Å². The summed E-state index contributed by atoms with van der Waals surface area (Å²) in [5, 5.41) is 7.29. The van der Waals surface area contributed by atoms with E-state index in [4.69, 9.17) is 4.74 Å². The summed E-state index contributed by atoms with van der Waals surface area (Å²) in [6.07, 6.45) is 3.59. The maximum absolute atomic E-state index is 12.5. The summed E-state index contributed by atoms with van der Waals surface area (Å²) >= 11 is 0. The van der Waals surface area contributed by atoms with E-state index >= 15 is 0 Å². The number of hydrogen-bond acceptors (Lipinski definition) is 5. The van der Waals surface area contributed by atoms with Crippen LogP contribution in [0.5, 0.6) is 0 Å². The molecule has 0 saturated carbocycles. The van der Waals surface area contributed by atoms with Crippen LogP contribution in [0.1, 0.15) is 29.5 Å². The van der Waals surface area contributed by atoms with Gasteiger partial charge >= 0.3 is 0 Å². The Kier molecular flexibility index (Phi) is 5.10. The van der Waals surface area contributed by atoms with Crippen molar-refractivity contribution in [2.24, 2.45) is 7.05 Å². The maximum atomic E-state index is 12.5. The molecule has 3 rings (SSSR count). The van der Waals surface area contributed by atoms with Crippen molar-refractivity contribution in [3.63, 3.8) is 0 Å². The molecule has 1 aliphatic rings. The normalized spacial score (nSPS) is 14.7. The van der Waals surface area contributed by atoms with E-state index in [1.54, 1.807) is 10.9 Å². The highest BCUT2D eigenvalue weighted by Crippen LogP contribution is 2.17. The lowest BCUT2D eigenvalue weighted by atomic mass is 10.2. The summed E-state index contributed by atoms with van der Waals surface area (Å²) in [6, 6.07) is 5.66. The molecule has 0 radical (unpaired) electrons. The highest BCUT2D eigenvalue weighted by molar-refractivity contribution is 6.02. The molecule has 1 aliphatic heterocycles. The van der Waals surface area contributed by atoms with Gasteiger partial charge in [0.2, 0.25) is 0 Å². The topological polar surface area (TPSA) is 72.3 Å². The molecule has 0 aliphatic carbocycles. The molecule has 2 aromatic heterocycles. The average molecular weight is 329 g/mol. The van der Waals surface area contributed by atoms with Crippen LogP contribution in [0.15, 0.2) is 24.4 Å². The molecule has 1 saturated heterocycles. The van der Waals surface area contributed by atoms with E-state index in [2.05, 4.69) is 27.2 Å². The van der Waals surface area contributed by atoms with Crippen molar-refractivity contribution in [1.82, 2.24) is 14.8 Å². The lowest BCUT2D eigenvalue weighted by Gasteiger charge is -2.28. The first kappa shape index (κ1) is 16.4. The SMILES string of the molecule is CCCc1cc(NC(=O)c2cc(N3CCOCC3)ccn2)n(C)n1. The number of morpholine rings is 1. The zero-order valence-electron chi connectivity index (χ0n) is 14.2. The third-order valence-electron chi connectivity index (χ3n) is 4.03. The molecule has 0 bridgehead atoms. The minimum absolute atomic E-state index is 0.226. The van der Waals surface area contributed by atoms with E-state index in [-0.39, 0.29) is 5.91 Å². The van der Waals surface area contributed by atoms with Gasteiger partial charge in [-0.1, -0.05) is 13.3 Å². The fourth-order valence-corrected chi connectivity index (χ4v) is 2.76. The fourth-order valence-electron chi connectivity index (χ4n) is 2.76.